The van der Waals surface area contributed by atoms with Crippen LogP contribution in [0.1, 0.15) is 16.1 Å². The molecule has 0 radical (unpaired) electrons. The van der Waals surface area contributed by atoms with E-state index >= 15 is 0 Å². The molecule has 2 aromatic carbocycles. The first-order valence-electron chi connectivity index (χ1n) is 9.18. The van der Waals surface area contributed by atoms with Gasteiger partial charge in [0.2, 0.25) is 0 Å². The first kappa shape index (κ1) is 21.3. The average molecular weight is 467 g/mol. The summed E-state index contributed by atoms with van der Waals surface area (Å²) >= 11 is 6.08. The van der Waals surface area contributed by atoms with Crippen molar-refractivity contribution in [3.05, 3.63) is 77.3 Å². The van der Waals surface area contributed by atoms with Gasteiger partial charge >= 0.3 is 0 Å². The van der Waals surface area contributed by atoms with Crippen molar-refractivity contribution >= 4 is 49.9 Å². The number of benzene rings is 2. The van der Waals surface area contributed by atoms with Gasteiger partial charge in [-0.15, -0.1) is 0 Å². The number of rotatable bonds is 5. The molecule has 160 valence electrons. The molecule has 9 nitrogen and oxygen atoms in total. The smallest absolute Gasteiger partial charge is 0.272 e. The summed E-state index contributed by atoms with van der Waals surface area (Å²) in [6, 6.07) is 12.7. The number of nitriles is 1. The van der Waals surface area contributed by atoms with Gasteiger partial charge < -0.3 is 9.88 Å². The van der Waals surface area contributed by atoms with Crippen LogP contribution in [0.5, 0.6) is 0 Å². The fraction of sp³-hybridized carbons (Fsp3) is 0.0476. The molecule has 0 aliphatic carbocycles. The molecule has 11 heteroatoms. The molecule has 2 aromatic heterocycles. The molecule has 2 heterocycles. The minimum atomic E-state index is -3.86. The number of aryl methyl sites for hydroxylation is 1. The highest BCUT2D eigenvalue weighted by molar-refractivity contribution is 7.92. The molecule has 1 amide bonds. The fourth-order valence-corrected chi connectivity index (χ4v) is 4.38. The molecule has 0 spiro atoms. The molecule has 0 saturated carbocycles. The summed E-state index contributed by atoms with van der Waals surface area (Å²) < 4.78 is 29.0. The topological polar surface area (TPSA) is 130 Å². The van der Waals surface area contributed by atoms with Gasteiger partial charge in [0.1, 0.15) is 11.8 Å². The van der Waals surface area contributed by atoms with Crippen LogP contribution in [0.4, 0.5) is 11.5 Å². The van der Waals surface area contributed by atoms with Crippen LogP contribution in [0, 0.1) is 11.3 Å². The van der Waals surface area contributed by atoms with Crippen molar-refractivity contribution in [2.24, 2.45) is 7.05 Å². The van der Waals surface area contributed by atoms with E-state index in [1.807, 2.05) is 0 Å². The lowest BCUT2D eigenvalue weighted by molar-refractivity contribution is 0.101. The Morgan fingerprint density at radius 3 is 2.56 bits per heavy atom. The molecule has 0 bridgehead atoms. The second-order valence-corrected chi connectivity index (χ2v) is 8.82. The van der Waals surface area contributed by atoms with E-state index in [0.29, 0.717) is 32.9 Å². The summed E-state index contributed by atoms with van der Waals surface area (Å²) in [6.07, 6.45) is 4.10. The maximum Gasteiger partial charge on any atom is 0.272 e. The second-order valence-electron chi connectivity index (χ2n) is 6.73. The SMILES string of the molecule is Cn1c(C(=O)Nc2ccc(S(=O)(=O)Nc3cnccn3)cc2)cc2c(C#N)c(Cl)ccc21. The Kier molecular flexibility index (Phi) is 5.52. The molecule has 0 saturated heterocycles. The summed E-state index contributed by atoms with van der Waals surface area (Å²) in [5.41, 5.74) is 1.70. The van der Waals surface area contributed by atoms with E-state index in [2.05, 4.69) is 26.1 Å². The maximum atomic E-state index is 12.8. The fourth-order valence-electron chi connectivity index (χ4n) is 3.18. The molecule has 0 aliphatic rings. The van der Waals surface area contributed by atoms with Crippen LogP contribution in [-0.4, -0.2) is 28.9 Å². The quantitative estimate of drug-likeness (QED) is 0.462. The van der Waals surface area contributed by atoms with Gasteiger partial charge in [-0.1, -0.05) is 11.6 Å². The molecule has 2 N–H and O–H groups in total. The molecule has 0 unspecified atom stereocenters. The zero-order chi connectivity index (χ0) is 22.9. The van der Waals surface area contributed by atoms with Gasteiger partial charge in [0.25, 0.3) is 15.9 Å². The van der Waals surface area contributed by atoms with Crippen molar-refractivity contribution in [2.45, 2.75) is 4.90 Å². The van der Waals surface area contributed by atoms with E-state index in [-0.39, 0.29) is 10.7 Å². The van der Waals surface area contributed by atoms with Crippen LogP contribution in [0.25, 0.3) is 10.9 Å². The van der Waals surface area contributed by atoms with E-state index in [1.54, 1.807) is 29.8 Å². The molecule has 4 aromatic rings. The summed E-state index contributed by atoms with van der Waals surface area (Å²) in [5.74, 6) is -0.325. The monoisotopic (exact) mass is 466 g/mol. The Morgan fingerprint density at radius 2 is 1.91 bits per heavy atom. The first-order chi connectivity index (χ1) is 15.3. The van der Waals surface area contributed by atoms with Gasteiger partial charge in [-0.3, -0.25) is 14.5 Å². The number of carbonyl (C=O) groups is 1. The second kappa shape index (κ2) is 8.30. The molecule has 0 atom stereocenters. The summed E-state index contributed by atoms with van der Waals surface area (Å²) in [6.45, 7) is 0. The molecular weight excluding hydrogens is 452 g/mol. The van der Waals surface area contributed by atoms with E-state index in [0.717, 1.165) is 0 Å². The van der Waals surface area contributed by atoms with Crippen molar-refractivity contribution in [2.75, 3.05) is 10.0 Å². The number of anilines is 2. The summed E-state index contributed by atoms with van der Waals surface area (Å²) in [5, 5.41) is 13.0. The Hall–Kier alpha value is -3.94. The Labute approximate surface area is 188 Å². The van der Waals surface area contributed by atoms with Crippen LogP contribution >= 0.6 is 11.6 Å². The van der Waals surface area contributed by atoms with Gasteiger partial charge in [-0.25, -0.2) is 13.4 Å². The third kappa shape index (κ3) is 3.99. The van der Waals surface area contributed by atoms with Gasteiger partial charge in [0.15, 0.2) is 5.82 Å². The Balaban J connectivity index is 1.56. The Bertz CT molecular complexity index is 1480. The maximum absolute atomic E-state index is 12.8. The minimum absolute atomic E-state index is 0.000869. The van der Waals surface area contributed by atoms with Crippen molar-refractivity contribution < 1.29 is 13.2 Å². The van der Waals surface area contributed by atoms with Gasteiger partial charge in [-0.05, 0) is 42.5 Å². The van der Waals surface area contributed by atoms with Crippen LogP contribution in [0.2, 0.25) is 5.02 Å². The molecular formula is C21H15ClN6O3S. The van der Waals surface area contributed by atoms with Crippen molar-refractivity contribution in [1.82, 2.24) is 14.5 Å². The third-order valence-electron chi connectivity index (χ3n) is 4.74. The number of halogens is 1. The molecule has 4 rings (SSSR count). The van der Waals surface area contributed by atoms with Crippen LogP contribution in [0.3, 0.4) is 0 Å². The zero-order valence-corrected chi connectivity index (χ0v) is 18.1. The average Bonchev–Trinajstić information content (AvgIpc) is 3.11. The van der Waals surface area contributed by atoms with Crippen molar-refractivity contribution in [1.29, 1.82) is 5.26 Å². The highest BCUT2D eigenvalue weighted by Gasteiger charge is 2.18. The number of hydrogen-bond acceptors (Lipinski definition) is 6. The highest BCUT2D eigenvalue weighted by atomic mass is 35.5. The highest BCUT2D eigenvalue weighted by Crippen LogP contribution is 2.28. The lowest BCUT2D eigenvalue weighted by Crippen LogP contribution is -2.16. The van der Waals surface area contributed by atoms with Gasteiger partial charge in [0, 0.05) is 36.0 Å². The van der Waals surface area contributed by atoms with E-state index in [1.165, 1.54) is 42.9 Å². The van der Waals surface area contributed by atoms with Crippen molar-refractivity contribution in [3.8, 4) is 6.07 Å². The predicted octanol–water partition coefficient (Wildman–Crippen LogP) is 3.55. The molecule has 32 heavy (non-hydrogen) atoms. The minimum Gasteiger partial charge on any atom is -0.340 e. The predicted molar refractivity (Wildman–Crippen MR) is 120 cm³/mol. The van der Waals surface area contributed by atoms with Crippen LogP contribution in [0.15, 0.2) is 66.0 Å². The first-order valence-corrected chi connectivity index (χ1v) is 11.0. The van der Waals surface area contributed by atoms with Crippen LogP contribution < -0.4 is 10.0 Å². The molecule has 0 aliphatic heterocycles. The molecule has 0 fully saturated rings. The largest absolute Gasteiger partial charge is 0.340 e. The third-order valence-corrected chi connectivity index (χ3v) is 6.43. The van der Waals surface area contributed by atoms with E-state index in [9.17, 15) is 18.5 Å². The van der Waals surface area contributed by atoms with E-state index in [4.69, 9.17) is 11.6 Å². The standard InChI is InChI=1S/C21H15ClN6O3S/c1-28-18-7-6-17(22)16(11-23)15(18)10-19(28)21(29)26-13-2-4-14(5-3-13)32(30,31)27-20-12-24-8-9-25-20/h2-10,12H,1H3,(H,25,27)(H,26,29). The number of carbonyl (C=O) groups excluding carboxylic acids is 1. The summed E-state index contributed by atoms with van der Waals surface area (Å²) in [4.78, 5) is 20.5. The number of amides is 1. The number of fused-ring (bicyclic) bond motifs is 1. The van der Waals surface area contributed by atoms with Crippen molar-refractivity contribution in [3.63, 3.8) is 0 Å². The normalized spacial score (nSPS) is 11.2. The van der Waals surface area contributed by atoms with Crippen LogP contribution in [-0.2, 0) is 17.1 Å². The number of nitrogens with one attached hydrogen (secondary N) is 2. The van der Waals surface area contributed by atoms with Gasteiger partial charge in [-0.2, -0.15) is 5.26 Å². The zero-order valence-electron chi connectivity index (χ0n) is 16.6. The number of nitrogens with zero attached hydrogens (tertiary/aromatic N) is 4. The van der Waals surface area contributed by atoms with Gasteiger partial charge in [0.05, 0.1) is 21.7 Å². The summed E-state index contributed by atoms with van der Waals surface area (Å²) in [7, 11) is -2.15. The number of sulfonamides is 1. The number of aromatic nitrogens is 3. The lowest BCUT2D eigenvalue weighted by atomic mass is 10.1. The lowest BCUT2D eigenvalue weighted by Gasteiger charge is -2.09. The Morgan fingerprint density at radius 1 is 1.16 bits per heavy atom. The number of hydrogen-bond donors (Lipinski definition) is 2. The van der Waals surface area contributed by atoms with E-state index < -0.39 is 15.9 Å².